The zero-order chi connectivity index (χ0) is 81.2. The smallest absolute Gasteiger partial charge is 0.364 e. The zero-order valence-corrected chi connectivity index (χ0v) is 65.5. The van der Waals surface area contributed by atoms with Crippen LogP contribution in [-0.2, 0) is 61.9 Å². The molecule has 4 saturated heterocycles. The van der Waals surface area contributed by atoms with E-state index in [0.29, 0.717) is 12.8 Å². The molecule has 0 aromatic heterocycles. The number of amides is 3. The van der Waals surface area contributed by atoms with Gasteiger partial charge in [0.05, 0.1) is 69.5 Å². The van der Waals surface area contributed by atoms with Crippen LogP contribution in [0.4, 0.5) is 0 Å². The van der Waals surface area contributed by atoms with Gasteiger partial charge >= 0.3 is 11.9 Å². The molecule has 32 nitrogen and oxygen atoms in total. The molecule has 640 valence electrons. The Balaban J connectivity index is 1.43. The minimum absolute atomic E-state index is 0.152. The lowest BCUT2D eigenvalue weighted by atomic mass is 9.87. The molecule has 4 aliphatic rings. The predicted octanol–water partition coefficient (Wildman–Crippen LogP) is 3.24. The first-order chi connectivity index (χ1) is 52.7. The molecule has 0 saturated carbocycles. The number of hydrogen-bond donors (Lipinski definition) is 19. The Labute approximate surface area is 649 Å². The van der Waals surface area contributed by atoms with Crippen LogP contribution in [0, 0.1) is 0 Å². The fraction of sp³-hybridized carbons (Fsp3) is 0.885. The SMILES string of the molecule is CCCCCCCCC=CCCCCCCCCCCCCCCCC(=O)N[C@@H](CO[C@@H]1O[C@H](CO)[C@@H](O[C@@H]2O[C@H](CO)[C@H](O)[C@H](O[C@]3(C(=O)O)C[C@H](O)[C@@H](NC(C)=O)C([C@H](O)[C@@H](CO)O[C@]4(C(=O)O)C[C@H](O)[C@@H](NC(C)=O)C([C@H](O)[C@H](O)CO)O4)O3)[C@H]2O)[C@H](O)C1O)[C@H](O)C=CCCCCCCCCCCCCC. The molecular formula is C78H139N3O29. The van der Waals surface area contributed by atoms with Gasteiger partial charge in [0.25, 0.3) is 11.6 Å². The van der Waals surface area contributed by atoms with Gasteiger partial charge in [-0.15, -0.1) is 0 Å². The van der Waals surface area contributed by atoms with E-state index in [4.69, 9.17) is 37.9 Å². The molecular weight excluding hydrogens is 1440 g/mol. The summed E-state index contributed by atoms with van der Waals surface area (Å²) < 4.78 is 46.6. The predicted molar refractivity (Wildman–Crippen MR) is 400 cm³/mol. The van der Waals surface area contributed by atoms with E-state index in [1.54, 1.807) is 6.08 Å². The lowest BCUT2D eigenvalue weighted by Gasteiger charge is -2.51. The number of aliphatic hydroxyl groups is 14. The molecule has 24 atom stereocenters. The highest BCUT2D eigenvalue weighted by molar-refractivity contribution is 5.78. The number of aliphatic carboxylic acids is 2. The van der Waals surface area contributed by atoms with Crippen molar-refractivity contribution in [1.29, 1.82) is 0 Å². The molecule has 0 spiro atoms. The fourth-order valence-corrected chi connectivity index (χ4v) is 14.6. The van der Waals surface area contributed by atoms with Crippen molar-refractivity contribution in [2.24, 2.45) is 0 Å². The van der Waals surface area contributed by atoms with Gasteiger partial charge in [0.2, 0.25) is 17.7 Å². The van der Waals surface area contributed by atoms with E-state index in [1.165, 1.54) is 148 Å². The average molecular weight is 1580 g/mol. The van der Waals surface area contributed by atoms with Crippen molar-refractivity contribution in [2.45, 2.75) is 405 Å². The Kier molecular flexibility index (Phi) is 48.2. The summed E-state index contributed by atoms with van der Waals surface area (Å²) in [7, 11) is 0. The maximum atomic E-state index is 13.6. The van der Waals surface area contributed by atoms with Crippen LogP contribution in [0.1, 0.15) is 259 Å². The molecule has 0 aliphatic carbocycles. The Morgan fingerprint density at radius 2 is 0.918 bits per heavy atom. The van der Waals surface area contributed by atoms with Crippen LogP contribution in [-0.4, -0.2) is 290 Å². The summed E-state index contributed by atoms with van der Waals surface area (Å²) >= 11 is 0. The molecule has 0 aromatic rings. The first-order valence-corrected chi connectivity index (χ1v) is 40.9. The standard InChI is InChI=1S/C78H139N3O29/c1-5-7-9-11-13-15-17-19-20-21-22-23-24-25-26-27-28-30-32-34-36-38-40-42-60(92)81-52(53(88)41-39-37-35-33-31-29-18-16-14-12-10-8-6-2)49-103-73-67(97)66(96)69(59(48-85)105-73)106-74-68(98)72(64(94)57(46-83)104-74)110-78(76(101)102)44-55(90)62(80-51(4)87)71(109-78)65(95)58(47-84)107-77(75(99)100)43-54(89)61(79-50(3)86)70(108-77)63(93)56(91)45-82/h19-20,39,41,52-59,61-74,82-85,88-91,93-98H,5-18,21-38,40,42-49H2,1-4H3,(H,79,86)(H,80,87)(H,81,92)(H,99,100)(H,101,102)/t52-,53+,54-,55-,56+,57+,58+,59+,61+,62+,63+,64-,65+,66+,67?,68+,69+,70?,71?,72-,73+,74-,77+,78-/m0/s1. The van der Waals surface area contributed by atoms with Crippen LogP contribution in [0.25, 0.3) is 0 Å². The highest BCUT2D eigenvalue weighted by Crippen LogP contribution is 2.41. The van der Waals surface area contributed by atoms with E-state index in [1.807, 2.05) is 6.08 Å². The minimum atomic E-state index is -3.39. The van der Waals surface area contributed by atoms with E-state index in [9.17, 15) is 106 Å². The first-order valence-electron chi connectivity index (χ1n) is 40.9. The van der Waals surface area contributed by atoms with Gasteiger partial charge in [-0.05, 0) is 44.9 Å². The third-order valence-corrected chi connectivity index (χ3v) is 21.1. The maximum absolute atomic E-state index is 13.6. The fourth-order valence-electron chi connectivity index (χ4n) is 14.6. The Bertz CT molecular complexity index is 2600. The van der Waals surface area contributed by atoms with E-state index in [-0.39, 0.29) is 12.3 Å². The van der Waals surface area contributed by atoms with Crippen LogP contribution in [0.2, 0.25) is 0 Å². The van der Waals surface area contributed by atoms with Gasteiger partial charge in [-0.2, -0.15) is 0 Å². The number of ether oxygens (including phenoxy) is 8. The van der Waals surface area contributed by atoms with E-state index in [2.05, 4.69) is 41.9 Å². The van der Waals surface area contributed by atoms with Crippen molar-refractivity contribution >= 4 is 29.7 Å². The summed E-state index contributed by atoms with van der Waals surface area (Å²) in [6.07, 6.45) is 3.88. The third kappa shape index (κ3) is 32.9. The summed E-state index contributed by atoms with van der Waals surface area (Å²) in [6.45, 7) is 1.13. The van der Waals surface area contributed by atoms with Crippen LogP contribution in [0.5, 0.6) is 0 Å². The largest absolute Gasteiger partial charge is 0.477 e. The molecule has 4 heterocycles. The maximum Gasteiger partial charge on any atom is 0.364 e. The number of aliphatic hydroxyl groups excluding tert-OH is 14. The molecule has 3 unspecified atom stereocenters. The number of unbranched alkanes of at least 4 members (excludes halogenated alkanes) is 30. The quantitative estimate of drug-likeness (QED) is 0.0307. The molecule has 0 bridgehead atoms. The second-order valence-corrected chi connectivity index (χ2v) is 30.4. The van der Waals surface area contributed by atoms with Crippen molar-refractivity contribution in [1.82, 2.24) is 16.0 Å². The second-order valence-electron chi connectivity index (χ2n) is 30.4. The molecule has 19 N–H and O–H groups in total. The van der Waals surface area contributed by atoms with Crippen LogP contribution >= 0.6 is 0 Å². The highest BCUT2D eigenvalue weighted by Gasteiger charge is 2.62. The van der Waals surface area contributed by atoms with Crippen molar-refractivity contribution in [3.05, 3.63) is 24.3 Å². The van der Waals surface area contributed by atoms with E-state index < -0.39 is 216 Å². The summed E-state index contributed by atoms with van der Waals surface area (Å²) in [6, 6.07) is -4.73. The normalized spacial score (nSPS) is 30.4. The van der Waals surface area contributed by atoms with Gasteiger partial charge < -0.3 is 136 Å². The van der Waals surface area contributed by atoms with Gasteiger partial charge in [0, 0.05) is 33.1 Å². The van der Waals surface area contributed by atoms with E-state index in [0.717, 1.165) is 65.2 Å². The summed E-state index contributed by atoms with van der Waals surface area (Å²) in [5, 5.41) is 185. The van der Waals surface area contributed by atoms with Crippen molar-refractivity contribution in [3.8, 4) is 0 Å². The molecule has 32 heteroatoms. The monoisotopic (exact) mass is 1580 g/mol. The molecule has 0 radical (unpaired) electrons. The van der Waals surface area contributed by atoms with Crippen LogP contribution < -0.4 is 16.0 Å². The number of rotatable bonds is 59. The zero-order valence-electron chi connectivity index (χ0n) is 65.5. The van der Waals surface area contributed by atoms with Crippen molar-refractivity contribution in [2.75, 3.05) is 33.0 Å². The second kappa shape index (κ2) is 54.0. The number of carbonyl (C=O) groups excluding carboxylic acids is 3. The molecule has 0 aromatic carbocycles. The van der Waals surface area contributed by atoms with Crippen molar-refractivity contribution < 1.29 is 144 Å². The van der Waals surface area contributed by atoms with Gasteiger partial charge in [-0.25, -0.2) is 9.59 Å². The molecule has 4 aliphatic heterocycles. The topological polar surface area (TPSA) is 519 Å². The van der Waals surface area contributed by atoms with E-state index >= 15 is 0 Å². The Morgan fingerprint density at radius 3 is 1.36 bits per heavy atom. The van der Waals surface area contributed by atoms with Crippen molar-refractivity contribution in [3.63, 3.8) is 0 Å². The molecule has 110 heavy (non-hydrogen) atoms. The lowest BCUT2D eigenvalue weighted by molar-refractivity contribution is -0.388. The summed E-state index contributed by atoms with van der Waals surface area (Å²) in [5.74, 6) is -13.1. The number of carbonyl (C=O) groups is 5. The summed E-state index contributed by atoms with van der Waals surface area (Å²) in [4.78, 5) is 65.1. The van der Waals surface area contributed by atoms with Crippen LogP contribution in [0.15, 0.2) is 24.3 Å². The van der Waals surface area contributed by atoms with Gasteiger partial charge in [-0.1, -0.05) is 205 Å². The first kappa shape index (κ1) is 98.3. The lowest BCUT2D eigenvalue weighted by Crippen LogP contribution is -2.72. The summed E-state index contributed by atoms with van der Waals surface area (Å²) in [5.41, 5.74) is 0. The number of carboxylic acids is 2. The number of carboxylic acid groups (broad SMARTS) is 2. The average Bonchev–Trinajstić information content (AvgIpc) is 0.752. The molecule has 3 amide bonds. The number of nitrogens with one attached hydrogen (secondary N) is 3. The Morgan fingerprint density at radius 1 is 0.491 bits per heavy atom. The number of allylic oxidation sites excluding steroid dienone is 3. The highest BCUT2D eigenvalue weighted by atomic mass is 16.8. The van der Waals surface area contributed by atoms with Crippen LogP contribution in [0.3, 0.4) is 0 Å². The molecule has 4 rings (SSSR count). The minimum Gasteiger partial charge on any atom is -0.477 e. The number of hydrogen-bond acceptors (Lipinski definition) is 27. The Hall–Kier alpha value is -4.05. The van der Waals surface area contributed by atoms with Gasteiger partial charge in [-0.3, -0.25) is 14.4 Å². The third-order valence-electron chi connectivity index (χ3n) is 21.1. The van der Waals surface area contributed by atoms with Gasteiger partial charge in [0.15, 0.2) is 12.6 Å². The van der Waals surface area contributed by atoms with Gasteiger partial charge in [0.1, 0.15) is 85.5 Å². The molecule has 4 fully saturated rings.